The number of carbonyl (C=O) groups is 1. The molecule has 0 saturated heterocycles. The molecule has 23 heavy (non-hydrogen) atoms. The first-order chi connectivity index (χ1) is 11.0. The molecule has 0 amide bonds. The van der Waals surface area contributed by atoms with E-state index in [4.69, 9.17) is 4.42 Å². The minimum atomic E-state index is -0.448. The number of nitro benzene ring substituents is 1. The van der Waals surface area contributed by atoms with E-state index in [-0.39, 0.29) is 18.0 Å². The van der Waals surface area contributed by atoms with Crippen LogP contribution in [-0.2, 0) is 0 Å². The van der Waals surface area contributed by atoms with Gasteiger partial charge in [0.15, 0.2) is 5.76 Å². The van der Waals surface area contributed by atoms with Crippen LogP contribution in [0.3, 0.4) is 0 Å². The van der Waals surface area contributed by atoms with E-state index >= 15 is 0 Å². The molecular formula is C17H14N2O4. The number of nitro groups is 1. The summed E-state index contributed by atoms with van der Waals surface area (Å²) < 4.78 is 5.52. The van der Waals surface area contributed by atoms with Gasteiger partial charge >= 0.3 is 0 Å². The molecule has 0 aliphatic heterocycles. The topological polar surface area (TPSA) is 85.4 Å². The number of benzene rings is 2. The van der Waals surface area contributed by atoms with Crippen LogP contribution < -0.4 is 5.32 Å². The number of fused-ring (bicyclic) bond motifs is 1. The second-order valence-corrected chi connectivity index (χ2v) is 5.18. The van der Waals surface area contributed by atoms with E-state index in [1.807, 2.05) is 18.2 Å². The van der Waals surface area contributed by atoms with Crippen molar-refractivity contribution in [1.82, 2.24) is 0 Å². The average molecular weight is 310 g/mol. The number of nitrogens with zero attached hydrogens (tertiary/aromatic N) is 1. The predicted molar refractivity (Wildman–Crippen MR) is 86.9 cm³/mol. The van der Waals surface area contributed by atoms with Crippen LogP contribution >= 0.6 is 0 Å². The quantitative estimate of drug-likeness (QED) is 0.438. The Balaban J connectivity index is 1.72. The van der Waals surface area contributed by atoms with Crippen LogP contribution in [0, 0.1) is 17.0 Å². The second-order valence-electron chi connectivity index (χ2n) is 5.18. The highest BCUT2D eigenvalue weighted by Crippen LogP contribution is 2.22. The monoisotopic (exact) mass is 310 g/mol. The van der Waals surface area contributed by atoms with Crippen LogP contribution in [0.1, 0.15) is 16.1 Å². The second kappa shape index (κ2) is 5.92. The summed E-state index contributed by atoms with van der Waals surface area (Å²) in [5.41, 5.74) is 2.08. The summed E-state index contributed by atoms with van der Waals surface area (Å²) in [7, 11) is 0. The van der Waals surface area contributed by atoms with Crippen molar-refractivity contribution < 1.29 is 14.1 Å². The zero-order chi connectivity index (χ0) is 16.4. The fourth-order valence-corrected chi connectivity index (χ4v) is 2.34. The SMILES string of the molecule is Cc1cc([N+](=O)[O-])ccc1NCC(=O)c1cc2ccccc2o1. The van der Waals surface area contributed by atoms with Crippen LogP contribution in [0.2, 0.25) is 0 Å². The predicted octanol–water partition coefficient (Wildman–Crippen LogP) is 3.94. The Kier molecular flexibility index (Phi) is 3.80. The van der Waals surface area contributed by atoms with E-state index in [1.54, 1.807) is 25.1 Å². The molecule has 0 atom stereocenters. The molecule has 6 heteroatoms. The third kappa shape index (κ3) is 3.06. The van der Waals surface area contributed by atoms with Gasteiger partial charge in [-0.25, -0.2) is 0 Å². The molecule has 1 aromatic heterocycles. The Bertz CT molecular complexity index is 865. The van der Waals surface area contributed by atoms with Crippen LogP contribution in [0.15, 0.2) is 52.9 Å². The van der Waals surface area contributed by atoms with Gasteiger partial charge in [-0.15, -0.1) is 0 Å². The number of para-hydroxylation sites is 1. The zero-order valence-corrected chi connectivity index (χ0v) is 12.4. The number of furan rings is 1. The van der Waals surface area contributed by atoms with E-state index in [1.165, 1.54) is 12.1 Å². The number of aryl methyl sites for hydroxylation is 1. The van der Waals surface area contributed by atoms with E-state index in [2.05, 4.69) is 5.32 Å². The molecule has 2 aromatic carbocycles. The van der Waals surface area contributed by atoms with E-state index in [9.17, 15) is 14.9 Å². The molecule has 1 heterocycles. The maximum atomic E-state index is 12.2. The number of anilines is 1. The summed E-state index contributed by atoms with van der Waals surface area (Å²) in [6, 6.07) is 13.6. The highest BCUT2D eigenvalue weighted by molar-refractivity contribution is 6.00. The Morgan fingerprint density at radius 3 is 2.70 bits per heavy atom. The fourth-order valence-electron chi connectivity index (χ4n) is 2.34. The Hall–Kier alpha value is -3.15. The summed E-state index contributed by atoms with van der Waals surface area (Å²) in [5.74, 6) is 0.109. The van der Waals surface area contributed by atoms with Gasteiger partial charge < -0.3 is 9.73 Å². The smallest absolute Gasteiger partial charge is 0.269 e. The lowest BCUT2D eigenvalue weighted by atomic mass is 10.1. The highest BCUT2D eigenvalue weighted by Gasteiger charge is 2.13. The van der Waals surface area contributed by atoms with Crippen molar-refractivity contribution >= 4 is 28.1 Å². The Morgan fingerprint density at radius 2 is 2.00 bits per heavy atom. The van der Waals surface area contributed by atoms with Crippen LogP contribution in [0.25, 0.3) is 11.0 Å². The lowest BCUT2D eigenvalue weighted by molar-refractivity contribution is -0.384. The molecule has 0 bridgehead atoms. The molecular weight excluding hydrogens is 296 g/mol. The minimum absolute atomic E-state index is 0.0247. The lowest BCUT2D eigenvalue weighted by Gasteiger charge is -2.07. The van der Waals surface area contributed by atoms with Crippen LogP contribution in [-0.4, -0.2) is 17.3 Å². The number of hydrogen-bond acceptors (Lipinski definition) is 5. The molecule has 3 rings (SSSR count). The van der Waals surface area contributed by atoms with Gasteiger partial charge in [0.1, 0.15) is 5.58 Å². The van der Waals surface area contributed by atoms with Crippen molar-refractivity contribution in [3.63, 3.8) is 0 Å². The highest BCUT2D eigenvalue weighted by atomic mass is 16.6. The summed E-state index contributed by atoms with van der Waals surface area (Å²) in [5, 5.41) is 14.6. The van der Waals surface area contributed by atoms with Crippen LogP contribution in [0.4, 0.5) is 11.4 Å². The van der Waals surface area contributed by atoms with Crippen molar-refractivity contribution in [2.24, 2.45) is 0 Å². The normalized spacial score (nSPS) is 10.7. The van der Waals surface area contributed by atoms with Crippen molar-refractivity contribution in [3.05, 3.63) is 70.0 Å². The van der Waals surface area contributed by atoms with Crippen LogP contribution in [0.5, 0.6) is 0 Å². The van der Waals surface area contributed by atoms with Crippen molar-refractivity contribution in [2.45, 2.75) is 6.92 Å². The largest absolute Gasteiger partial charge is 0.453 e. The molecule has 0 spiro atoms. The number of ketones is 1. The molecule has 0 radical (unpaired) electrons. The fraction of sp³-hybridized carbons (Fsp3) is 0.118. The Labute approximate surface area is 131 Å². The zero-order valence-electron chi connectivity index (χ0n) is 12.4. The molecule has 0 aliphatic rings. The number of nitrogens with one attached hydrogen (secondary N) is 1. The number of non-ortho nitro benzene ring substituents is 1. The Morgan fingerprint density at radius 1 is 1.22 bits per heavy atom. The lowest BCUT2D eigenvalue weighted by Crippen LogP contribution is -2.14. The van der Waals surface area contributed by atoms with Gasteiger partial charge in [-0.2, -0.15) is 0 Å². The molecule has 3 aromatic rings. The van der Waals surface area contributed by atoms with E-state index in [0.717, 1.165) is 5.39 Å². The molecule has 0 aliphatic carbocycles. The summed E-state index contributed by atoms with van der Waals surface area (Å²) in [6.45, 7) is 1.81. The van der Waals surface area contributed by atoms with Gasteiger partial charge in [-0.05, 0) is 30.7 Å². The first-order valence-electron chi connectivity index (χ1n) is 7.05. The van der Waals surface area contributed by atoms with E-state index < -0.39 is 4.92 Å². The first kappa shape index (κ1) is 14.8. The third-order valence-corrected chi connectivity index (χ3v) is 3.56. The standard InChI is InChI=1S/C17H14N2O4/c1-11-8-13(19(21)22)6-7-14(11)18-10-15(20)17-9-12-4-2-3-5-16(12)23-17/h2-9,18H,10H2,1H3. The minimum Gasteiger partial charge on any atom is -0.453 e. The van der Waals surface area contributed by atoms with Gasteiger partial charge in [0, 0.05) is 23.2 Å². The molecule has 0 unspecified atom stereocenters. The third-order valence-electron chi connectivity index (χ3n) is 3.56. The summed E-state index contributed by atoms with van der Waals surface area (Å²) in [6.07, 6.45) is 0. The van der Waals surface area contributed by atoms with Crippen molar-refractivity contribution in [3.8, 4) is 0 Å². The summed E-state index contributed by atoms with van der Waals surface area (Å²) in [4.78, 5) is 22.5. The molecule has 116 valence electrons. The summed E-state index contributed by atoms with van der Waals surface area (Å²) >= 11 is 0. The maximum Gasteiger partial charge on any atom is 0.269 e. The number of carbonyl (C=O) groups excluding carboxylic acids is 1. The van der Waals surface area contributed by atoms with Gasteiger partial charge in [0.25, 0.3) is 5.69 Å². The average Bonchev–Trinajstić information content (AvgIpc) is 2.97. The van der Waals surface area contributed by atoms with Gasteiger partial charge in [0.2, 0.25) is 5.78 Å². The first-order valence-corrected chi connectivity index (χ1v) is 7.05. The molecule has 0 saturated carbocycles. The van der Waals surface area contributed by atoms with Crippen molar-refractivity contribution in [2.75, 3.05) is 11.9 Å². The molecule has 0 fully saturated rings. The van der Waals surface area contributed by atoms with Gasteiger partial charge in [-0.1, -0.05) is 18.2 Å². The number of hydrogen-bond donors (Lipinski definition) is 1. The van der Waals surface area contributed by atoms with Crippen molar-refractivity contribution in [1.29, 1.82) is 0 Å². The van der Waals surface area contributed by atoms with Gasteiger partial charge in [0.05, 0.1) is 11.5 Å². The number of Topliss-reactive ketones (excluding diaryl/α,β-unsaturated/α-hetero) is 1. The van der Waals surface area contributed by atoms with E-state index in [0.29, 0.717) is 22.6 Å². The van der Waals surface area contributed by atoms with Gasteiger partial charge in [-0.3, -0.25) is 14.9 Å². The molecule has 1 N–H and O–H groups in total. The maximum absolute atomic E-state index is 12.2. The molecule has 6 nitrogen and oxygen atoms in total. The number of rotatable bonds is 5.